The van der Waals surface area contributed by atoms with E-state index in [-0.39, 0.29) is 17.3 Å². The van der Waals surface area contributed by atoms with Crippen molar-refractivity contribution in [2.24, 2.45) is 11.7 Å². The molecule has 0 spiro atoms. The van der Waals surface area contributed by atoms with E-state index in [2.05, 4.69) is 14.9 Å². The zero-order valence-corrected chi connectivity index (χ0v) is 15.3. The van der Waals surface area contributed by atoms with Gasteiger partial charge in [0.05, 0.1) is 10.4 Å². The van der Waals surface area contributed by atoms with Gasteiger partial charge in [-0.05, 0) is 56.2 Å². The van der Waals surface area contributed by atoms with Crippen molar-refractivity contribution in [2.75, 3.05) is 6.54 Å². The van der Waals surface area contributed by atoms with Crippen LogP contribution in [0, 0.1) is 5.92 Å². The fourth-order valence-electron chi connectivity index (χ4n) is 2.75. The van der Waals surface area contributed by atoms with Crippen molar-refractivity contribution in [3.8, 4) is 11.5 Å². The second-order valence-corrected chi connectivity index (χ2v) is 8.52. The molecule has 9 heteroatoms. The van der Waals surface area contributed by atoms with Crippen LogP contribution in [0.4, 0.5) is 0 Å². The van der Waals surface area contributed by atoms with E-state index in [9.17, 15) is 8.42 Å². The number of hydrogen-bond acceptors (Lipinski definition) is 6. The maximum Gasteiger partial charge on any atom is 0.258 e. The van der Waals surface area contributed by atoms with Crippen LogP contribution in [0.5, 0.6) is 0 Å². The summed E-state index contributed by atoms with van der Waals surface area (Å²) in [6.45, 7) is 0.493. The molecule has 0 unspecified atom stereocenters. The van der Waals surface area contributed by atoms with Crippen molar-refractivity contribution >= 4 is 22.4 Å². The minimum atomic E-state index is -3.53. The summed E-state index contributed by atoms with van der Waals surface area (Å²) in [5.41, 5.74) is 6.27. The third-order valence-electron chi connectivity index (χ3n) is 4.77. The Balaban J connectivity index is 0.00000182. The van der Waals surface area contributed by atoms with Crippen LogP contribution in [-0.2, 0) is 15.6 Å². The predicted molar refractivity (Wildman–Crippen MR) is 94.6 cm³/mol. The van der Waals surface area contributed by atoms with Crippen LogP contribution in [-0.4, -0.2) is 25.1 Å². The lowest BCUT2D eigenvalue weighted by Gasteiger charge is -2.34. The minimum absolute atomic E-state index is 0. The van der Waals surface area contributed by atoms with Crippen LogP contribution in [0.3, 0.4) is 0 Å². The highest BCUT2D eigenvalue weighted by molar-refractivity contribution is 7.89. The normalized spacial score (nSPS) is 19.1. The summed E-state index contributed by atoms with van der Waals surface area (Å²) < 4.78 is 32.7. The Hall–Kier alpha value is -1.48. The summed E-state index contributed by atoms with van der Waals surface area (Å²) in [7, 11) is -3.53. The molecule has 0 atom stereocenters. The molecule has 1 heterocycles. The second kappa shape index (κ2) is 6.68. The van der Waals surface area contributed by atoms with Gasteiger partial charge in [-0.3, -0.25) is 0 Å². The van der Waals surface area contributed by atoms with E-state index < -0.39 is 15.6 Å². The van der Waals surface area contributed by atoms with Gasteiger partial charge in [0.2, 0.25) is 10.0 Å². The van der Waals surface area contributed by atoms with Gasteiger partial charge in [-0.25, -0.2) is 13.1 Å². The highest BCUT2D eigenvalue weighted by Crippen LogP contribution is 2.37. The lowest BCUT2D eigenvalue weighted by Crippen LogP contribution is -2.44. The summed E-state index contributed by atoms with van der Waals surface area (Å²) in [6.07, 6.45) is 4.92. The average Bonchev–Trinajstić information content (AvgIpc) is 3.25. The number of sulfonamides is 1. The average molecular weight is 385 g/mol. The largest absolute Gasteiger partial charge is 0.334 e. The molecular formula is C16H21ClN4O3S. The zero-order valence-electron chi connectivity index (χ0n) is 13.6. The molecule has 2 saturated carbocycles. The molecule has 2 aliphatic rings. The molecule has 1 aromatic heterocycles. The van der Waals surface area contributed by atoms with Crippen LogP contribution in [0.15, 0.2) is 33.7 Å². The van der Waals surface area contributed by atoms with Gasteiger partial charge in [0, 0.05) is 12.1 Å². The highest BCUT2D eigenvalue weighted by atomic mass is 35.5. The summed E-state index contributed by atoms with van der Waals surface area (Å²) >= 11 is 0. The molecule has 0 bridgehead atoms. The topological polar surface area (TPSA) is 111 Å². The third kappa shape index (κ3) is 3.72. The van der Waals surface area contributed by atoms with Gasteiger partial charge in [-0.1, -0.05) is 11.2 Å². The number of rotatable bonds is 6. The number of hydrogen-bond donors (Lipinski definition) is 2. The number of aromatic nitrogens is 2. The number of nitrogens with zero attached hydrogens (tertiary/aromatic N) is 2. The lowest BCUT2D eigenvalue weighted by molar-refractivity contribution is 0.229. The van der Waals surface area contributed by atoms with Gasteiger partial charge in [0.15, 0.2) is 5.82 Å². The number of benzene rings is 1. The van der Waals surface area contributed by atoms with Crippen molar-refractivity contribution in [3.63, 3.8) is 0 Å². The van der Waals surface area contributed by atoms with Crippen molar-refractivity contribution in [2.45, 2.75) is 42.5 Å². The Morgan fingerprint density at radius 1 is 1.32 bits per heavy atom. The van der Waals surface area contributed by atoms with Crippen LogP contribution in [0.1, 0.15) is 37.9 Å². The minimum Gasteiger partial charge on any atom is -0.334 e. The number of halogens is 1. The van der Waals surface area contributed by atoms with Crippen LogP contribution in [0.2, 0.25) is 0 Å². The molecule has 7 nitrogen and oxygen atoms in total. The van der Waals surface area contributed by atoms with E-state index in [1.54, 1.807) is 24.3 Å². The van der Waals surface area contributed by atoms with Gasteiger partial charge in [-0.15, -0.1) is 12.4 Å². The van der Waals surface area contributed by atoms with Crippen LogP contribution >= 0.6 is 12.4 Å². The first-order valence-corrected chi connectivity index (χ1v) is 9.68. The summed E-state index contributed by atoms with van der Waals surface area (Å²) in [5, 5.41) is 3.97. The smallest absolute Gasteiger partial charge is 0.258 e. The monoisotopic (exact) mass is 384 g/mol. The number of nitrogens with two attached hydrogens (primary N) is 1. The Bertz CT molecular complexity index is 860. The highest BCUT2D eigenvalue weighted by Gasteiger charge is 2.39. The van der Waals surface area contributed by atoms with E-state index >= 15 is 0 Å². The summed E-state index contributed by atoms with van der Waals surface area (Å²) in [4.78, 5) is 4.56. The lowest BCUT2D eigenvalue weighted by atomic mass is 9.77. The first kappa shape index (κ1) is 18.3. The van der Waals surface area contributed by atoms with Gasteiger partial charge in [0.1, 0.15) is 0 Å². The summed E-state index contributed by atoms with van der Waals surface area (Å²) in [6, 6.07) is 6.54. The maximum atomic E-state index is 12.4. The molecule has 2 aliphatic carbocycles. The third-order valence-corrected chi connectivity index (χ3v) is 6.19. The fourth-order valence-corrected chi connectivity index (χ4v) is 3.92. The first-order chi connectivity index (χ1) is 11.5. The van der Waals surface area contributed by atoms with Gasteiger partial charge in [0.25, 0.3) is 5.89 Å². The standard InChI is InChI=1S/C16H20N4O3S.ClH/c17-16(7-2-8-16)15-19-14(23-20-15)12-3-1-4-13(9-12)24(21,22)18-10-11-5-6-11;/h1,3-4,9,11,18H,2,5-8,10,17H2;1H. The molecule has 0 saturated heterocycles. The quantitative estimate of drug-likeness (QED) is 0.789. The van der Waals surface area contributed by atoms with Crippen molar-refractivity contribution in [1.82, 2.24) is 14.9 Å². The van der Waals surface area contributed by atoms with Crippen molar-refractivity contribution in [3.05, 3.63) is 30.1 Å². The van der Waals surface area contributed by atoms with E-state index in [4.69, 9.17) is 10.3 Å². The molecule has 2 fully saturated rings. The van der Waals surface area contributed by atoms with Crippen LogP contribution in [0.25, 0.3) is 11.5 Å². The number of nitrogens with one attached hydrogen (secondary N) is 1. The van der Waals surface area contributed by atoms with Gasteiger partial charge < -0.3 is 10.3 Å². The molecule has 0 aliphatic heterocycles. The molecule has 4 rings (SSSR count). The maximum absolute atomic E-state index is 12.4. The molecule has 2 aromatic rings. The summed E-state index contributed by atoms with van der Waals surface area (Å²) in [5.74, 6) is 1.26. The molecule has 1 aromatic carbocycles. The SMILES string of the molecule is Cl.NC1(c2noc(-c3cccc(S(=O)(=O)NCC4CC4)c3)n2)CCC1. The predicted octanol–water partition coefficient (Wildman–Crippen LogP) is 2.18. The molecular weight excluding hydrogens is 364 g/mol. The molecule has 25 heavy (non-hydrogen) atoms. The van der Waals surface area contributed by atoms with Gasteiger partial charge >= 0.3 is 0 Å². The molecule has 3 N–H and O–H groups in total. The Morgan fingerprint density at radius 3 is 2.72 bits per heavy atom. The fraction of sp³-hybridized carbons (Fsp3) is 0.500. The second-order valence-electron chi connectivity index (χ2n) is 6.76. The van der Waals surface area contributed by atoms with E-state index in [1.165, 1.54) is 0 Å². The van der Waals surface area contributed by atoms with E-state index in [0.717, 1.165) is 32.1 Å². The van der Waals surface area contributed by atoms with Crippen LogP contribution < -0.4 is 10.5 Å². The van der Waals surface area contributed by atoms with E-state index in [1.807, 2.05) is 0 Å². The zero-order chi connectivity index (χ0) is 16.8. The molecule has 0 radical (unpaired) electrons. The van der Waals surface area contributed by atoms with Crippen molar-refractivity contribution in [1.29, 1.82) is 0 Å². The van der Waals surface area contributed by atoms with Crippen molar-refractivity contribution < 1.29 is 12.9 Å². The first-order valence-electron chi connectivity index (χ1n) is 8.19. The Kier molecular flexibility index (Phi) is 4.89. The molecule has 0 amide bonds. The van der Waals surface area contributed by atoms with E-state index in [0.29, 0.717) is 29.7 Å². The molecule has 136 valence electrons. The Labute approximate surface area is 152 Å². The van der Waals surface area contributed by atoms with Gasteiger partial charge in [-0.2, -0.15) is 4.98 Å². The Morgan fingerprint density at radius 2 is 2.08 bits per heavy atom.